The number of fused-ring (bicyclic) bond motifs is 1. The SMILES string of the molecule is N.O=[P+](O)O.c1ncc2[nH]cnc2n1. The molecule has 2 aromatic rings. The summed E-state index contributed by atoms with van der Waals surface area (Å²) >= 11 is 0. The Balaban J connectivity index is 0.000000299. The largest absolute Gasteiger partial charge is 0.692 e. The van der Waals surface area contributed by atoms with Gasteiger partial charge in [0.2, 0.25) is 0 Å². The van der Waals surface area contributed by atoms with Crippen LogP contribution in [-0.4, -0.2) is 29.7 Å². The van der Waals surface area contributed by atoms with Gasteiger partial charge in [-0.25, -0.2) is 15.0 Å². The minimum absolute atomic E-state index is 0. The van der Waals surface area contributed by atoms with Crippen molar-refractivity contribution < 1.29 is 14.4 Å². The molecule has 0 bridgehead atoms. The molecular formula is C5H9N5O3P+. The van der Waals surface area contributed by atoms with Crippen molar-refractivity contribution in [2.75, 3.05) is 0 Å². The smallest absolute Gasteiger partial charge is 0.344 e. The third kappa shape index (κ3) is 3.97. The van der Waals surface area contributed by atoms with Gasteiger partial charge < -0.3 is 11.1 Å². The zero-order chi connectivity index (χ0) is 9.68. The number of aromatic nitrogens is 4. The molecule has 0 aromatic carbocycles. The first-order valence-electron chi connectivity index (χ1n) is 3.14. The molecular weight excluding hydrogens is 209 g/mol. The first kappa shape index (κ1) is 12.5. The highest BCUT2D eigenvalue weighted by Crippen LogP contribution is 1.99. The number of H-pyrrole nitrogens is 1. The Bertz CT molecular complexity index is 371. The van der Waals surface area contributed by atoms with E-state index in [2.05, 4.69) is 19.9 Å². The maximum absolute atomic E-state index is 8.70. The highest BCUT2D eigenvalue weighted by molar-refractivity contribution is 7.30. The van der Waals surface area contributed by atoms with Crippen LogP contribution in [0, 0.1) is 0 Å². The second-order valence-electron chi connectivity index (χ2n) is 1.92. The van der Waals surface area contributed by atoms with E-state index in [0.29, 0.717) is 5.65 Å². The Hall–Kier alpha value is -1.47. The lowest BCUT2D eigenvalue weighted by Crippen LogP contribution is -1.76. The monoisotopic (exact) mass is 218 g/mol. The summed E-state index contributed by atoms with van der Waals surface area (Å²) in [5.74, 6) is 0. The quantitative estimate of drug-likeness (QED) is 0.459. The average Bonchev–Trinajstić information content (AvgIpc) is 2.49. The molecule has 2 heterocycles. The van der Waals surface area contributed by atoms with Crippen molar-refractivity contribution in [1.29, 1.82) is 0 Å². The van der Waals surface area contributed by atoms with Gasteiger partial charge in [0.25, 0.3) is 0 Å². The van der Waals surface area contributed by atoms with Crippen molar-refractivity contribution in [1.82, 2.24) is 26.1 Å². The highest BCUT2D eigenvalue weighted by Gasteiger charge is 1.93. The van der Waals surface area contributed by atoms with Gasteiger partial charge in [-0.1, -0.05) is 0 Å². The Labute approximate surface area is 79.6 Å². The zero-order valence-corrected chi connectivity index (χ0v) is 7.93. The first-order valence-corrected chi connectivity index (χ1v) is 4.31. The van der Waals surface area contributed by atoms with Crippen molar-refractivity contribution in [3.63, 3.8) is 0 Å². The van der Waals surface area contributed by atoms with Crippen LogP contribution in [0.1, 0.15) is 0 Å². The van der Waals surface area contributed by atoms with E-state index in [4.69, 9.17) is 14.4 Å². The van der Waals surface area contributed by atoms with E-state index in [9.17, 15) is 0 Å². The van der Waals surface area contributed by atoms with Crippen molar-refractivity contribution in [3.8, 4) is 0 Å². The van der Waals surface area contributed by atoms with Gasteiger partial charge in [0.05, 0.1) is 12.5 Å². The van der Waals surface area contributed by atoms with E-state index < -0.39 is 8.25 Å². The predicted octanol–water partition coefficient (Wildman–Crippen LogP) is 0.143. The predicted molar refractivity (Wildman–Crippen MR) is 48.7 cm³/mol. The summed E-state index contributed by atoms with van der Waals surface area (Å²) in [7, 11) is -2.87. The van der Waals surface area contributed by atoms with Crippen LogP contribution >= 0.6 is 8.25 Å². The van der Waals surface area contributed by atoms with Crippen molar-refractivity contribution in [3.05, 3.63) is 18.9 Å². The van der Waals surface area contributed by atoms with Crippen LogP contribution in [0.25, 0.3) is 11.2 Å². The van der Waals surface area contributed by atoms with Crippen LogP contribution < -0.4 is 6.15 Å². The van der Waals surface area contributed by atoms with Crippen LogP contribution in [-0.2, 0) is 4.57 Å². The molecule has 6 N–H and O–H groups in total. The molecule has 0 aliphatic rings. The topological polar surface area (TPSA) is 147 Å². The Morgan fingerprint density at radius 2 is 2.00 bits per heavy atom. The number of nitrogens with one attached hydrogen (secondary N) is 1. The van der Waals surface area contributed by atoms with E-state index in [-0.39, 0.29) is 6.15 Å². The summed E-state index contributed by atoms with van der Waals surface area (Å²) in [5.41, 5.74) is 1.59. The van der Waals surface area contributed by atoms with Crippen LogP contribution in [0.2, 0.25) is 0 Å². The second kappa shape index (κ2) is 6.06. The Morgan fingerprint density at radius 3 is 2.57 bits per heavy atom. The van der Waals surface area contributed by atoms with Crippen LogP contribution in [0.5, 0.6) is 0 Å². The molecule has 76 valence electrons. The van der Waals surface area contributed by atoms with Gasteiger partial charge in [0.1, 0.15) is 11.8 Å². The van der Waals surface area contributed by atoms with Crippen molar-refractivity contribution in [2.24, 2.45) is 0 Å². The molecule has 0 saturated heterocycles. The van der Waals surface area contributed by atoms with Crippen molar-refractivity contribution >= 4 is 19.4 Å². The lowest BCUT2D eigenvalue weighted by molar-refractivity contribution is 0.405. The summed E-state index contributed by atoms with van der Waals surface area (Å²) in [6.07, 6.45) is 4.76. The molecule has 0 fully saturated rings. The van der Waals surface area contributed by atoms with Crippen LogP contribution in [0.4, 0.5) is 0 Å². The maximum atomic E-state index is 8.70. The molecule has 2 rings (SSSR count). The minimum Gasteiger partial charge on any atom is -0.344 e. The molecule has 0 unspecified atom stereocenters. The number of hydrogen-bond acceptors (Lipinski definition) is 5. The van der Waals surface area contributed by atoms with Gasteiger partial charge >= 0.3 is 8.25 Å². The third-order valence-corrected chi connectivity index (χ3v) is 1.10. The molecule has 0 radical (unpaired) electrons. The van der Waals surface area contributed by atoms with E-state index in [1.165, 1.54) is 6.33 Å². The summed E-state index contributed by atoms with van der Waals surface area (Å²) in [5, 5.41) is 0. The lowest BCUT2D eigenvalue weighted by atomic mass is 10.6. The molecule has 0 amide bonds. The van der Waals surface area contributed by atoms with Crippen molar-refractivity contribution in [2.45, 2.75) is 0 Å². The summed E-state index contributed by atoms with van der Waals surface area (Å²) < 4.78 is 8.70. The van der Waals surface area contributed by atoms with E-state index in [0.717, 1.165) is 5.52 Å². The molecule has 8 nitrogen and oxygen atoms in total. The van der Waals surface area contributed by atoms with Gasteiger partial charge in [-0.05, 0) is 0 Å². The average molecular weight is 218 g/mol. The van der Waals surface area contributed by atoms with E-state index >= 15 is 0 Å². The van der Waals surface area contributed by atoms with Gasteiger partial charge in [-0.15, -0.1) is 9.79 Å². The molecule has 0 atom stereocenters. The number of hydrogen-bond donors (Lipinski definition) is 4. The van der Waals surface area contributed by atoms with E-state index in [1.807, 2.05) is 0 Å². The van der Waals surface area contributed by atoms with Crippen LogP contribution in [0.3, 0.4) is 0 Å². The number of rotatable bonds is 0. The Morgan fingerprint density at radius 1 is 1.36 bits per heavy atom. The fourth-order valence-electron chi connectivity index (χ4n) is 0.691. The number of imidazole rings is 1. The fraction of sp³-hybridized carbons (Fsp3) is 0. The second-order valence-corrected chi connectivity index (χ2v) is 2.42. The molecule has 14 heavy (non-hydrogen) atoms. The first-order chi connectivity index (χ1) is 6.20. The van der Waals surface area contributed by atoms with E-state index in [1.54, 1.807) is 12.5 Å². The van der Waals surface area contributed by atoms with Gasteiger partial charge in [-0.2, -0.15) is 0 Å². The normalized spacial score (nSPS) is 8.43. The lowest BCUT2D eigenvalue weighted by Gasteiger charge is -1.80. The summed E-state index contributed by atoms with van der Waals surface area (Å²) in [6.45, 7) is 0. The standard InChI is InChI=1S/C5H4N4.H3N.HO3P/c1-4-5(8-2-6-1)9-3-7-4;;1-4(2)3/h1-3H,(H,6,7,8,9);1H3;(H-,1,2,3)/p+1. The highest BCUT2D eigenvalue weighted by atomic mass is 31.1. The Kier molecular flexibility index (Phi) is 5.42. The summed E-state index contributed by atoms with van der Waals surface area (Å²) in [6, 6.07) is 0. The molecule has 9 heteroatoms. The number of nitrogens with zero attached hydrogens (tertiary/aromatic N) is 3. The van der Waals surface area contributed by atoms with Gasteiger partial charge in [0.15, 0.2) is 5.65 Å². The minimum atomic E-state index is -2.87. The third-order valence-electron chi connectivity index (χ3n) is 1.10. The molecule has 0 saturated carbocycles. The molecule has 0 aliphatic heterocycles. The molecule has 2 aromatic heterocycles. The zero-order valence-electron chi connectivity index (χ0n) is 7.03. The molecule has 0 spiro atoms. The van der Waals surface area contributed by atoms with Gasteiger partial charge in [-0.3, -0.25) is 0 Å². The number of aromatic amines is 1. The van der Waals surface area contributed by atoms with Crippen LogP contribution in [0.15, 0.2) is 18.9 Å². The maximum Gasteiger partial charge on any atom is 0.692 e. The molecule has 0 aliphatic carbocycles. The fourth-order valence-corrected chi connectivity index (χ4v) is 0.691. The van der Waals surface area contributed by atoms with Gasteiger partial charge in [0, 0.05) is 4.57 Å². The summed E-state index contributed by atoms with van der Waals surface area (Å²) in [4.78, 5) is 28.7.